The third-order valence-corrected chi connectivity index (χ3v) is 7.12. The Morgan fingerprint density at radius 2 is 1.77 bits per heavy atom. The molecular formula is C18H24N4O3S. The van der Waals surface area contributed by atoms with E-state index in [1.54, 1.807) is 12.5 Å². The van der Waals surface area contributed by atoms with E-state index in [1.807, 2.05) is 10.8 Å². The summed E-state index contributed by atoms with van der Waals surface area (Å²) in [5, 5.41) is 9.26. The van der Waals surface area contributed by atoms with Gasteiger partial charge in [0.2, 0.25) is 0 Å². The number of rotatable bonds is 5. The Balaban J connectivity index is 1.49. The minimum atomic E-state index is -3.02. The van der Waals surface area contributed by atoms with Crippen molar-refractivity contribution in [3.63, 3.8) is 0 Å². The third kappa shape index (κ3) is 3.55. The summed E-state index contributed by atoms with van der Waals surface area (Å²) in [6.45, 7) is 2.97. The summed E-state index contributed by atoms with van der Waals surface area (Å²) in [7, 11) is -3.02. The van der Waals surface area contributed by atoms with Gasteiger partial charge in [0.1, 0.15) is 0 Å². The smallest absolute Gasteiger partial charge is 0.153 e. The monoisotopic (exact) mass is 376 g/mol. The predicted molar refractivity (Wildman–Crippen MR) is 98.9 cm³/mol. The van der Waals surface area contributed by atoms with Gasteiger partial charge in [0.15, 0.2) is 9.84 Å². The Hall–Kier alpha value is -1.74. The molecule has 140 valence electrons. The van der Waals surface area contributed by atoms with E-state index in [9.17, 15) is 13.5 Å². The number of aliphatic hydroxyl groups excluding tert-OH is 1. The van der Waals surface area contributed by atoms with Crippen molar-refractivity contribution < 1.29 is 13.5 Å². The second-order valence-corrected chi connectivity index (χ2v) is 9.23. The number of imidazole rings is 1. The van der Waals surface area contributed by atoms with Gasteiger partial charge < -0.3 is 9.67 Å². The van der Waals surface area contributed by atoms with Gasteiger partial charge in [-0.25, -0.2) is 13.4 Å². The van der Waals surface area contributed by atoms with Crippen molar-refractivity contribution in [2.75, 3.05) is 37.7 Å². The minimum Gasteiger partial charge on any atom is -0.395 e. The number of piperazine rings is 1. The van der Waals surface area contributed by atoms with Gasteiger partial charge in [0.25, 0.3) is 0 Å². The number of benzene rings is 1. The molecule has 0 spiro atoms. The zero-order chi connectivity index (χ0) is 18.1. The van der Waals surface area contributed by atoms with Gasteiger partial charge in [-0.3, -0.25) is 9.80 Å². The molecule has 0 aliphatic carbocycles. The lowest BCUT2D eigenvalue weighted by Gasteiger charge is -2.43. The lowest BCUT2D eigenvalue weighted by molar-refractivity contribution is 0.0308. The summed E-state index contributed by atoms with van der Waals surface area (Å²) < 4.78 is 26.3. The van der Waals surface area contributed by atoms with Crippen molar-refractivity contribution in [2.45, 2.75) is 18.6 Å². The SMILES string of the molecule is O=S1(=O)C[C@@H]2[C@H](C1)N(Cc1ccc(-n3ccnc3)cc1)CCN2CCO. The predicted octanol–water partition coefficient (Wildman–Crippen LogP) is 0.148. The fraction of sp³-hybridized carbons (Fsp3) is 0.500. The number of sulfone groups is 1. The minimum absolute atomic E-state index is 0.00799. The van der Waals surface area contributed by atoms with Crippen molar-refractivity contribution in [2.24, 2.45) is 0 Å². The molecule has 0 amide bonds. The van der Waals surface area contributed by atoms with Crippen molar-refractivity contribution in [1.29, 1.82) is 0 Å². The maximum Gasteiger partial charge on any atom is 0.153 e. The molecule has 4 rings (SSSR count). The van der Waals surface area contributed by atoms with E-state index >= 15 is 0 Å². The topological polar surface area (TPSA) is 78.7 Å². The van der Waals surface area contributed by atoms with Crippen LogP contribution in [0.1, 0.15) is 5.56 Å². The number of β-amino-alcohol motifs (C(OH)–C–C–N with tert-alkyl or cyclic N) is 1. The number of fused-ring (bicyclic) bond motifs is 1. The summed E-state index contributed by atoms with van der Waals surface area (Å²) in [6.07, 6.45) is 5.42. The highest BCUT2D eigenvalue weighted by molar-refractivity contribution is 7.91. The second kappa shape index (κ2) is 7.11. The van der Waals surface area contributed by atoms with E-state index < -0.39 is 9.84 Å². The van der Waals surface area contributed by atoms with Crippen molar-refractivity contribution >= 4 is 9.84 Å². The summed E-state index contributed by atoms with van der Waals surface area (Å²) in [6, 6.07) is 8.30. The molecule has 2 aliphatic rings. The molecule has 0 saturated carbocycles. The molecule has 0 unspecified atom stereocenters. The van der Waals surface area contributed by atoms with Crippen LogP contribution in [0, 0.1) is 0 Å². The molecule has 1 aromatic heterocycles. The molecule has 2 aliphatic heterocycles. The number of aromatic nitrogens is 2. The fourth-order valence-electron chi connectivity index (χ4n) is 4.12. The average Bonchev–Trinajstić information content (AvgIpc) is 3.25. The van der Waals surface area contributed by atoms with Gasteiger partial charge in [-0.05, 0) is 17.7 Å². The molecule has 2 saturated heterocycles. The van der Waals surface area contributed by atoms with Crippen LogP contribution >= 0.6 is 0 Å². The molecular weight excluding hydrogens is 352 g/mol. The highest BCUT2D eigenvalue weighted by Gasteiger charge is 2.46. The van der Waals surface area contributed by atoms with Crippen LogP contribution in [0.3, 0.4) is 0 Å². The Labute approximate surface area is 153 Å². The third-order valence-electron chi connectivity index (χ3n) is 5.42. The maximum atomic E-state index is 12.2. The van der Waals surface area contributed by atoms with Crippen LogP contribution in [0.25, 0.3) is 5.69 Å². The molecule has 7 nitrogen and oxygen atoms in total. The van der Waals surface area contributed by atoms with Crippen LogP contribution in [-0.4, -0.2) is 82.7 Å². The quantitative estimate of drug-likeness (QED) is 0.800. The van der Waals surface area contributed by atoms with Gasteiger partial charge >= 0.3 is 0 Å². The van der Waals surface area contributed by atoms with Crippen LogP contribution in [0.2, 0.25) is 0 Å². The highest BCUT2D eigenvalue weighted by Crippen LogP contribution is 2.28. The number of aliphatic hydroxyl groups is 1. The van der Waals surface area contributed by atoms with E-state index in [-0.39, 0.29) is 30.2 Å². The van der Waals surface area contributed by atoms with Gasteiger partial charge in [0.05, 0.1) is 24.4 Å². The Morgan fingerprint density at radius 1 is 1.08 bits per heavy atom. The van der Waals surface area contributed by atoms with Gasteiger partial charge in [-0.2, -0.15) is 0 Å². The summed E-state index contributed by atoms with van der Waals surface area (Å²) >= 11 is 0. The molecule has 1 N–H and O–H groups in total. The first-order valence-electron chi connectivity index (χ1n) is 8.92. The molecule has 26 heavy (non-hydrogen) atoms. The molecule has 0 radical (unpaired) electrons. The number of hydrogen-bond donors (Lipinski definition) is 1. The lowest BCUT2D eigenvalue weighted by Crippen LogP contribution is -2.59. The van der Waals surface area contributed by atoms with Crippen LogP contribution in [0.5, 0.6) is 0 Å². The first-order chi connectivity index (χ1) is 12.6. The largest absolute Gasteiger partial charge is 0.395 e. The summed E-state index contributed by atoms with van der Waals surface area (Å²) in [5.41, 5.74) is 2.23. The average molecular weight is 376 g/mol. The van der Waals surface area contributed by atoms with Gasteiger partial charge in [-0.1, -0.05) is 12.1 Å². The Kier molecular flexibility index (Phi) is 4.83. The van der Waals surface area contributed by atoms with Crippen molar-refractivity contribution in [3.05, 3.63) is 48.5 Å². The highest BCUT2D eigenvalue weighted by atomic mass is 32.2. The Bertz CT molecular complexity index is 836. The van der Waals surface area contributed by atoms with Crippen molar-refractivity contribution in [3.8, 4) is 5.69 Å². The van der Waals surface area contributed by atoms with Crippen LogP contribution < -0.4 is 0 Å². The zero-order valence-electron chi connectivity index (χ0n) is 14.6. The molecule has 2 aromatic rings. The molecule has 8 heteroatoms. The molecule has 0 bridgehead atoms. The molecule has 2 atom stereocenters. The summed E-state index contributed by atoms with van der Waals surface area (Å²) in [5.74, 6) is 0.417. The normalized spacial score (nSPS) is 26.0. The van der Waals surface area contributed by atoms with E-state index in [4.69, 9.17) is 0 Å². The van der Waals surface area contributed by atoms with Crippen LogP contribution in [0.15, 0.2) is 43.0 Å². The lowest BCUT2D eigenvalue weighted by atomic mass is 10.0. The van der Waals surface area contributed by atoms with E-state index in [0.717, 1.165) is 25.3 Å². The maximum absolute atomic E-state index is 12.2. The summed E-state index contributed by atoms with van der Waals surface area (Å²) in [4.78, 5) is 8.48. The van der Waals surface area contributed by atoms with E-state index in [1.165, 1.54) is 5.56 Å². The van der Waals surface area contributed by atoms with Gasteiger partial charge in [0, 0.05) is 56.3 Å². The van der Waals surface area contributed by atoms with Crippen molar-refractivity contribution in [1.82, 2.24) is 19.4 Å². The molecule has 2 fully saturated rings. The number of hydrogen-bond acceptors (Lipinski definition) is 6. The second-order valence-electron chi connectivity index (χ2n) is 7.08. The van der Waals surface area contributed by atoms with Crippen LogP contribution in [0.4, 0.5) is 0 Å². The van der Waals surface area contributed by atoms with E-state index in [0.29, 0.717) is 6.54 Å². The molecule has 3 heterocycles. The van der Waals surface area contributed by atoms with Crippen LogP contribution in [-0.2, 0) is 16.4 Å². The van der Waals surface area contributed by atoms with E-state index in [2.05, 4.69) is 39.0 Å². The fourth-order valence-corrected chi connectivity index (χ4v) is 6.16. The molecule has 1 aromatic carbocycles. The zero-order valence-corrected chi connectivity index (χ0v) is 15.4. The Morgan fingerprint density at radius 3 is 2.42 bits per heavy atom. The van der Waals surface area contributed by atoms with Gasteiger partial charge in [-0.15, -0.1) is 0 Å². The standard InChI is InChI=1S/C18H24N4O3S/c23-10-9-20-7-8-21(18-13-26(24,25)12-17(18)20)11-15-1-3-16(4-2-15)22-6-5-19-14-22/h1-6,14,17-18,23H,7-13H2/t17-,18+/m1/s1. The number of nitrogens with zero attached hydrogens (tertiary/aromatic N) is 4. The first-order valence-corrected chi connectivity index (χ1v) is 10.7. The first kappa shape index (κ1) is 17.7.